The fourth-order valence-corrected chi connectivity index (χ4v) is 1.61. The molecule has 0 unspecified atom stereocenters. The van der Waals surface area contributed by atoms with Gasteiger partial charge in [0.05, 0.1) is 21.5 Å². The molecule has 1 aromatic carbocycles. The van der Waals surface area contributed by atoms with Crippen LogP contribution in [-0.2, 0) is 4.79 Å². The van der Waals surface area contributed by atoms with Crippen molar-refractivity contribution in [2.24, 2.45) is 0 Å². The van der Waals surface area contributed by atoms with E-state index in [4.69, 9.17) is 34.8 Å². The zero-order chi connectivity index (χ0) is 11.6. The van der Waals surface area contributed by atoms with Crippen molar-refractivity contribution in [3.8, 4) is 0 Å². The van der Waals surface area contributed by atoms with E-state index in [9.17, 15) is 14.7 Å². The van der Waals surface area contributed by atoms with Gasteiger partial charge in [-0.25, -0.2) is 0 Å². The fraction of sp³-hybridized carbons (Fsp3) is 0.111. The monoisotopic (exact) mass is 265 g/mol. The summed E-state index contributed by atoms with van der Waals surface area (Å²) in [6.07, 6.45) is -0.738. The van der Waals surface area contributed by atoms with E-state index in [1.165, 1.54) is 12.1 Å². The second kappa shape index (κ2) is 4.84. The Bertz CT molecular complexity index is 429. The molecule has 1 rings (SSSR count). The third kappa shape index (κ3) is 2.84. The predicted octanol–water partition coefficient (Wildman–Crippen LogP) is 1.97. The average Bonchev–Trinajstić information content (AvgIpc) is 2.13. The number of rotatable bonds is 3. The maximum absolute atomic E-state index is 11.3. The van der Waals surface area contributed by atoms with E-state index in [1.807, 2.05) is 0 Å². The lowest BCUT2D eigenvalue weighted by molar-refractivity contribution is -0.304. The number of hydrogen-bond acceptors (Lipinski definition) is 3. The van der Waals surface area contributed by atoms with Gasteiger partial charge in [-0.05, 0) is 12.1 Å². The van der Waals surface area contributed by atoms with Crippen molar-refractivity contribution in [2.75, 3.05) is 0 Å². The molecule has 80 valence electrons. The van der Waals surface area contributed by atoms with E-state index in [1.54, 1.807) is 0 Å². The van der Waals surface area contributed by atoms with E-state index < -0.39 is 18.2 Å². The van der Waals surface area contributed by atoms with Crippen molar-refractivity contribution in [3.05, 3.63) is 32.8 Å². The molecular formula is C9H4Cl3O3-. The van der Waals surface area contributed by atoms with Crippen molar-refractivity contribution in [2.45, 2.75) is 6.42 Å². The highest BCUT2D eigenvalue weighted by Gasteiger charge is 2.14. The van der Waals surface area contributed by atoms with Gasteiger partial charge in [-0.3, -0.25) is 4.79 Å². The lowest BCUT2D eigenvalue weighted by atomic mass is 10.1. The summed E-state index contributed by atoms with van der Waals surface area (Å²) in [5.74, 6) is -2.14. The molecule has 0 heterocycles. The summed E-state index contributed by atoms with van der Waals surface area (Å²) in [4.78, 5) is 21.5. The van der Waals surface area contributed by atoms with Crippen LogP contribution in [-0.4, -0.2) is 11.8 Å². The Labute approximate surface area is 101 Å². The Hall–Kier alpha value is -0.770. The van der Waals surface area contributed by atoms with Gasteiger partial charge in [-0.1, -0.05) is 34.8 Å². The Morgan fingerprint density at radius 2 is 1.73 bits per heavy atom. The summed E-state index contributed by atoms with van der Waals surface area (Å²) in [5.41, 5.74) is 0.0234. The SMILES string of the molecule is O=C([O-])CC(=O)c1ccc(Cl)c(Cl)c1Cl. The second-order valence-electron chi connectivity index (χ2n) is 2.69. The highest BCUT2D eigenvalue weighted by Crippen LogP contribution is 2.33. The number of carbonyl (C=O) groups is 2. The Morgan fingerprint density at radius 3 is 2.27 bits per heavy atom. The average molecular weight is 266 g/mol. The number of hydrogen-bond donors (Lipinski definition) is 0. The Morgan fingerprint density at radius 1 is 1.13 bits per heavy atom. The van der Waals surface area contributed by atoms with Crippen LogP contribution in [0, 0.1) is 0 Å². The summed E-state index contributed by atoms with van der Waals surface area (Å²) in [5, 5.41) is 10.4. The summed E-state index contributed by atoms with van der Waals surface area (Å²) >= 11 is 17.1. The number of carboxylic acids is 1. The summed E-state index contributed by atoms with van der Waals surface area (Å²) in [6.45, 7) is 0. The van der Waals surface area contributed by atoms with E-state index in [-0.39, 0.29) is 20.6 Å². The first-order chi connectivity index (χ1) is 6.93. The molecule has 0 aliphatic rings. The topological polar surface area (TPSA) is 57.2 Å². The van der Waals surface area contributed by atoms with E-state index >= 15 is 0 Å². The van der Waals surface area contributed by atoms with Crippen molar-refractivity contribution in [1.29, 1.82) is 0 Å². The molecule has 3 nitrogen and oxygen atoms in total. The molecule has 0 aliphatic heterocycles. The number of aliphatic carboxylic acids is 1. The molecule has 0 bridgehead atoms. The van der Waals surface area contributed by atoms with Crippen LogP contribution in [0.1, 0.15) is 16.8 Å². The summed E-state index contributed by atoms with van der Waals surface area (Å²) in [6, 6.07) is 2.69. The van der Waals surface area contributed by atoms with Gasteiger partial charge in [0.15, 0.2) is 5.78 Å². The van der Waals surface area contributed by atoms with Gasteiger partial charge in [0, 0.05) is 11.5 Å². The molecule has 0 spiro atoms. The third-order valence-corrected chi connectivity index (χ3v) is 2.93. The first-order valence-corrected chi connectivity index (χ1v) is 4.93. The van der Waals surface area contributed by atoms with Crippen molar-refractivity contribution in [1.82, 2.24) is 0 Å². The van der Waals surface area contributed by atoms with Crippen LogP contribution >= 0.6 is 34.8 Å². The maximum Gasteiger partial charge on any atom is 0.170 e. The third-order valence-electron chi connectivity index (χ3n) is 1.64. The zero-order valence-electron chi connectivity index (χ0n) is 7.22. The van der Waals surface area contributed by atoms with Gasteiger partial charge in [0.25, 0.3) is 0 Å². The lowest BCUT2D eigenvalue weighted by Gasteiger charge is -2.06. The minimum Gasteiger partial charge on any atom is -0.550 e. The van der Waals surface area contributed by atoms with Crippen LogP contribution in [0.4, 0.5) is 0 Å². The number of carbonyl (C=O) groups excluding carboxylic acids is 2. The standard InChI is InChI=1S/C9H5Cl3O3/c10-5-2-1-4(8(11)9(5)12)6(13)3-7(14)15/h1-2H,3H2,(H,14,15)/p-1. The largest absolute Gasteiger partial charge is 0.550 e. The molecule has 0 saturated carbocycles. The van der Waals surface area contributed by atoms with Gasteiger partial charge in [-0.2, -0.15) is 0 Å². The van der Waals surface area contributed by atoms with Crippen LogP contribution in [0.2, 0.25) is 15.1 Å². The van der Waals surface area contributed by atoms with Gasteiger partial charge < -0.3 is 9.90 Å². The molecule has 0 saturated heterocycles. The molecule has 1 aromatic rings. The van der Waals surface area contributed by atoms with E-state index in [0.29, 0.717) is 0 Å². The van der Waals surface area contributed by atoms with Crippen LogP contribution in [0.25, 0.3) is 0 Å². The number of halogens is 3. The molecule has 0 amide bonds. The molecule has 0 N–H and O–H groups in total. The number of ketones is 1. The van der Waals surface area contributed by atoms with Gasteiger partial charge in [0.2, 0.25) is 0 Å². The summed E-state index contributed by atoms with van der Waals surface area (Å²) in [7, 11) is 0. The molecule has 0 aromatic heterocycles. The highest BCUT2D eigenvalue weighted by atomic mass is 35.5. The lowest BCUT2D eigenvalue weighted by Crippen LogP contribution is -2.25. The van der Waals surface area contributed by atoms with Crippen molar-refractivity contribution >= 4 is 46.6 Å². The van der Waals surface area contributed by atoms with Crippen LogP contribution in [0.15, 0.2) is 12.1 Å². The van der Waals surface area contributed by atoms with Crippen LogP contribution in [0.3, 0.4) is 0 Å². The molecular weight excluding hydrogens is 262 g/mol. The first kappa shape index (κ1) is 12.3. The fourth-order valence-electron chi connectivity index (χ4n) is 0.968. The smallest absolute Gasteiger partial charge is 0.170 e. The molecule has 0 aliphatic carbocycles. The number of Topliss-reactive ketones (excluding diaryl/α,β-unsaturated/α-hetero) is 1. The van der Waals surface area contributed by atoms with Gasteiger partial charge >= 0.3 is 0 Å². The van der Waals surface area contributed by atoms with Gasteiger partial charge in [-0.15, -0.1) is 0 Å². The predicted molar refractivity (Wildman–Crippen MR) is 55.4 cm³/mol. The Balaban J connectivity index is 3.11. The molecule has 15 heavy (non-hydrogen) atoms. The van der Waals surface area contributed by atoms with E-state index in [0.717, 1.165) is 0 Å². The first-order valence-electron chi connectivity index (χ1n) is 3.80. The molecule has 0 radical (unpaired) electrons. The Kier molecular flexibility index (Phi) is 3.97. The van der Waals surface area contributed by atoms with Crippen molar-refractivity contribution < 1.29 is 14.7 Å². The highest BCUT2D eigenvalue weighted by molar-refractivity contribution is 6.49. The maximum atomic E-state index is 11.3. The number of benzene rings is 1. The van der Waals surface area contributed by atoms with Crippen molar-refractivity contribution in [3.63, 3.8) is 0 Å². The quantitative estimate of drug-likeness (QED) is 0.477. The van der Waals surface area contributed by atoms with E-state index in [2.05, 4.69) is 0 Å². The molecule has 6 heteroatoms. The zero-order valence-corrected chi connectivity index (χ0v) is 9.49. The number of carboxylic acid groups (broad SMARTS) is 1. The van der Waals surface area contributed by atoms with Crippen LogP contribution < -0.4 is 5.11 Å². The second-order valence-corrected chi connectivity index (χ2v) is 3.86. The normalized spacial score (nSPS) is 10.1. The summed E-state index contributed by atoms with van der Waals surface area (Å²) < 4.78 is 0. The molecule has 0 atom stereocenters. The minimum atomic E-state index is -1.47. The van der Waals surface area contributed by atoms with Gasteiger partial charge in [0.1, 0.15) is 0 Å². The molecule has 0 fully saturated rings. The van der Waals surface area contributed by atoms with Crippen LogP contribution in [0.5, 0.6) is 0 Å². The minimum absolute atomic E-state index is 0.0234.